The van der Waals surface area contributed by atoms with E-state index in [1.165, 1.54) is 30.3 Å². The lowest BCUT2D eigenvalue weighted by Gasteiger charge is -2.19. The van der Waals surface area contributed by atoms with Crippen molar-refractivity contribution in [3.8, 4) is 0 Å². The van der Waals surface area contributed by atoms with E-state index in [0.29, 0.717) is 5.56 Å². The van der Waals surface area contributed by atoms with Gasteiger partial charge in [-0.3, -0.25) is 14.5 Å². The highest BCUT2D eigenvalue weighted by Crippen LogP contribution is 2.44. The summed E-state index contributed by atoms with van der Waals surface area (Å²) in [5.41, 5.74) is 3.80. The molecule has 10 heteroatoms. The molecular formula is C26H20F3N3O4. The molecule has 1 heterocycles. The first-order chi connectivity index (χ1) is 17.0. The normalized spacial score (nSPS) is 15.3. The van der Waals surface area contributed by atoms with E-state index in [1.807, 2.05) is 13.8 Å². The number of hydrazone groups is 1. The number of hydrogen-bond acceptors (Lipinski definition) is 4. The van der Waals surface area contributed by atoms with Gasteiger partial charge in [0.25, 0.3) is 5.91 Å². The smallest absolute Gasteiger partial charge is 0.416 e. The third-order valence-corrected chi connectivity index (χ3v) is 5.93. The Kier molecular flexibility index (Phi) is 6.36. The van der Waals surface area contributed by atoms with Crippen molar-refractivity contribution < 1.29 is 32.7 Å². The van der Waals surface area contributed by atoms with Crippen LogP contribution in [0.25, 0.3) is 0 Å². The van der Waals surface area contributed by atoms with E-state index in [2.05, 4.69) is 10.5 Å². The van der Waals surface area contributed by atoms with Crippen LogP contribution in [0.15, 0.2) is 65.8 Å². The van der Waals surface area contributed by atoms with Gasteiger partial charge in [-0.2, -0.15) is 18.3 Å². The maximum Gasteiger partial charge on any atom is 0.416 e. The van der Waals surface area contributed by atoms with Crippen LogP contribution in [-0.4, -0.2) is 29.1 Å². The standard InChI is InChI=1S/C26H20F3N3O4/c1-14-6-7-16(10-15(14)2)23(33)31-30-13-21-20-9-8-18(26(27,28)29)12-22(20)32(24(21)34)19-5-3-4-17(11-19)25(35)36/h3-13,21H,1-2H3,(H,31,33)(H,35,36). The molecule has 3 aromatic carbocycles. The molecule has 3 aromatic rings. The quantitative estimate of drug-likeness (QED) is 0.376. The summed E-state index contributed by atoms with van der Waals surface area (Å²) in [4.78, 5) is 38.2. The van der Waals surface area contributed by atoms with E-state index in [4.69, 9.17) is 0 Å². The van der Waals surface area contributed by atoms with Crippen LogP contribution in [0.1, 0.15) is 48.9 Å². The Hall–Kier alpha value is -4.47. The first-order valence-electron chi connectivity index (χ1n) is 10.8. The minimum absolute atomic E-state index is 0.0469. The van der Waals surface area contributed by atoms with Crippen molar-refractivity contribution in [3.05, 3.63) is 94.0 Å². The Labute approximate surface area is 203 Å². The SMILES string of the molecule is Cc1ccc(C(=O)NN=CC2C(=O)N(c3cccc(C(=O)O)c3)c3cc(C(F)(F)F)ccc32)cc1C. The fourth-order valence-corrected chi connectivity index (χ4v) is 3.87. The molecule has 2 N–H and O–H groups in total. The number of nitrogens with zero attached hydrogens (tertiary/aromatic N) is 2. The third kappa shape index (κ3) is 4.70. The second kappa shape index (κ2) is 9.29. The van der Waals surface area contributed by atoms with Crippen LogP contribution < -0.4 is 10.3 Å². The molecule has 1 aliphatic rings. The van der Waals surface area contributed by atoms with Crippen molar-refractivity contribution in [3.63, 3.8) is 0 Å². The van der Waals surface area contributed by atoms with Crippen molar-refractivity contribution in [1.29, 1.82) is 0 Å². The van der Waals surface area contributed by atoms with E-state index in [0.717, 1.165) is 34.4 Å². The number of halogens is 3. The van der Waals surface area contributed by atoms with E-state index >= 15 is 0 Å². The first-order valence-corrected chi connectivity index (χ1v) is 10.8. The summed E-state index contributed by atoms with van der Waals surface area (Å²) in [6.45, 7) is 3.76. The molecule has 2 amide bonds. The summed E-state index contributed by atoms with van der Waals surface area (Å²) < 4.78 is 40.2. The van der Waals surface area contributed by atoms with Crippen molar-refractivity contribution in [2.45, 2.75) is 25.9 Å². The van der Waals surface area contributed by atoms with Gasteiger partial charge in [0.1, 0.15) is 5.92 Å². The predicted octanol–water partition coefficient (Wildman–Crippen LogP) is 5.20. The molecular weight excluding hydrogens is 475 g/mol. The van der Waals surface area contributed by atoms with Crippen molar-refractivity contribution >= 4 is 35.4 Å². The number of carbonyl (C=O) groups is 3. The molecule has 7 nitrogen and oxygen atoms in total. The van der Waals surface area contributed by atoms with E-state index in [9.17, 15) is 32.7 Å². The highest BCUT2D eigenvalue weighted by molar-refractivity contribution is 6.18. The fraction of sp³-hybridized carbons (Fsp3) is 0.154. The fourth-order valence-electron chi connectivity index (χ4n) is 3.87. The lowest BCUT2D eigenvalue weighted by Crippen LogP contribution is -2.26. The number of rotatable bonds is 5. The number of amides is 2. The van der Waals surface area contributed by atoms with Crippen LogP contribution in [0.5, 0.6) is 0 Å². The Bertz CT molecular complexity index is 1420. The highest BCUT2D eigenvalue weighted by atomic mass is 19.4. The summed E-state index contributed by atoms with van der Waals surface area (Å²) in [5, 5.41) is 13.2. The van der Waals surface area contributed by atoms with Gasteiger partial charge < -0.3 is 5.11 Å². The van der Waals surface area contributed by atoms with E-state index < -0.39 is 35.4 Å². The van der Waals surface area contributed by atoms with Crippen molar-refractivity contribution in [2.75, 3.05) is 4.90 Å². The van der Waals surface area contributed by atoms with Gasteiger partial charge in [0.15, 0.2) is 0 Å². The van der Waals surface area contributed by atoms with Gasteiger partial charge in [0, 0.05) is 17.5 Å². The molecule has 0 saturated carbocycles. The van der Waals surface area contributed by atoms with Gasteiger partial charge in [0.2, 0.25) is 5.91 Å². The van der Waals surface area contributed by atoms with Crippen LogP contribution in [0.2, 0.25) is 0 Å². The van der Waals surface area contributed by atoms with Gasteiger partial charge in [-0.15, -0.1) is 0 Å². The van der Waals surface area contributed by atoms with E-state index in [-0.39, 0.29) is 22.5 Å². The zero-order valence-electron chi connectivity index (χ0n) is 19.1. The maximum atomic E-state index is 13.4. The summed E-state index contributed by atoms with van der Waals surface area (Å²) in [6, 6.07) is 13.3. The average molecular weight is 495 g/mol. The number of carbonyl (C=O) groups excluding carboxylic acids is 2. The Morgan fingerprint density at radius 3 is 2.42 bits per heavy atom. The molecule has 0 spiro atoms. The maximum absolute atomic E-state index is 13.4. The number of fused-ring (bicyclic) bond motifs is 1. The van der Waals surface area contributed by atoms with Crippen LogP contribution in [-0.2, 0) is 11.0 Å². The number of aromatic carboxylic acids is 1. The number of aryl methyl sites for hydroxylation is 2. The number of hydrogen-bond donors (Lipinski definition) is 2. The number of benzene rings is 3. The lowest BCUT2D eigenvalue weighted by atomic mass is 10.0. The van der Waals surface area contributed by atoms with Crippen molar-refractivity contribution in [2.24, 2.45) is 5.10 Å². The Morgan fingerprint density at radius 1 is 1.00 bits per heavy atom. The van der Waals surface area contributed by atoms with Gasteiger partial charge in [-0.05, 0) is 73.0 Å². The van der Waals surface area contributed by atoms with Gasteiger partial charge >= 0.3 is 12.1 Å². The topological polar surface area (TPSA) is 99.1 Å². The number of carboxylic acids is 1. The molecule has 0 fully saturated rings. The monoisotopic (exact) mass is 495 g/mol. The molecule has 184 valence electrons. The molecule has 1 aliphatic heterocycles. The first kappa shape index (κ1) is 24.6. The third-order valence-electron chi connectivity index (χ3n) is 5.93. The molecule has 0 aromatic heterocycles. The number of carboxylic acid groups (broad SMARTS) is 1. The Balaban J connectivity index is 1.69. The summed E-state index contributed by atoms with van der Waals surface area (Å²) >= 11 is 0. The van der Waals surface area contributed by atoms with Crippen LogP contribution in [0, 0.1) is 13.8 Å². The molecule has 36 heavy (non-hydrogen) atoms. The van der Waals surface area contributed by atoms with Crippen LogP contribution in [0.3, 0.4) is 0 Å². The number of nitrogens with one attached hydrogen (secondary N) is 1. The minimum Gasteiger partial charge on any atom is -0.478 e. The average Bonchev–Trinajstić information content (AvgIpc) is 3.10. The molecule has 0 aliphatic carbocycles. The number of alkyl halides is 3. The molecule has 0 saturated heterocycles. The summed E-state index contributed by atoms with van der Waals surface area (Å²) in [5.74, 6) is -3.51. The van der Waals surface area contributed by atoms with Crippen LogP contribution >= 0.6 is 0 Å². The summed E-state index contributed by atoms with van der Waals surface area (Å²) in [6.07, 6.45) is -3.51. The van der Waals surface area contributed by atoms with Gasteiger partial charge in [0.05, 0.1) is 16.8 Å². The molecule has 4 rings (SSSR count). The molecule has 1 atom stereocenters. The largest absolute Gasteiger partial charge is 0.478 e. The molecule has 1 unspecified atom stereocenters. The minimum atomic E-state index is -4.65. The molecule has 0 bridgehead atoms. The number of anilines is 2. The predicted molar refractivity (Wildman–Crippen MR) is 127 cm³/mol. The van der Waals surface area contributed by atoms with Gasteiger partial charge in [-0.25, -0.2) is 10.2 Å². The lowest BCUT2D eigenvalue weighted by molar-refractivity contribution is -0.137. The van der Waals surface area contributed by atoms with Crippen LogP contribution in [0.4, 0.5) is 24.5 Å². The highest BCUT2D eigenvalue weighted by Gasteiger charge is 2.40. The summed E-state index contributed by atoms with van der Waals surface area (Å²) in [7, 11) is 0. The van der Waals surface area contributed by atoms with Gasteiger partial charge in [-0.1, -0.05) is 18.2 Å². The van der Waals surface area contributed by atoms with E-state index in [1.54, 1.807) is 18.2 Å². The Morgan fingerprint density at radius 2 is 1.75 bits per heavy atom. The second-order valence-electron chi connectivity index (χ2n) is 8.30. The zero-order chi connectivity index (χ0) is 26.2. The zero-order valence-corrected chi connectivity index (χ0v) is 19.1. The van der Waals surface area contributed by atoms with Crippen molar-refractivity contribution in [1.82, 2.24) is 5.43 Å². The molecule has 0 radical (unpaired) electrons. The second-order valence-corrected chi connectivity index (χ2v) is 8.30.